The van der Waals surface area contributed by atoms with E-state index >= 15 is 0 Å². The van der Waals surface area contributed by atoms with E-state index in [1.807, 2.05) is 0 Å². The highest BCUT2D eigenvalue weighted by molar-refractivity contribution is 7.88. The zero-order valence-corrected chi connectivity index (χ0v) is 13.1. The Morgan fingerprint density at radius 3 is 2.60 bits per heavy atom. The Morgan fingerprint density at radius 2 is 1.95 bits per heavy atom. The second-order valence-corrected chi connectivity index (χ2v) is 7.72. The van der Waals surface area contributed by atoms with Gasteiger partial charge in [0, 0.05) is 12.1 Å². The van der Waals surface area contributed by atoms with Crippen LogP contribution in [0.25, 0.3) is 0 Å². The van der Waals surface area contributed by atoms with E-state index in [0.717, 1.165) is 12.8 Å². The van der Waals surface area contributed by atoms with Gasteiger partial charge in [0.15, 0.2) is 0 Å². The lowest BCUT2D eigenvalue weighted by Crippen LogP contribution is -2.46. The van der Waals surface area contributed by atoms with Crippen molar-refractivity contribution >= 4 is 21.6 Å². The van der Waals surface area contributed by atoms with Crippen molar-refractivity contribution in [3.05, 3.63) is 34.9 Å². The van der Waals surface area contributed by atoms with Crippen molar-refractivity contribution in [2.75, 3.05) is 7.05 Å². The van der Waals surface area contributed by atoms with Gasteiger partial charge in [-0.2, -0.15) is 4.31 Å². The fourth-order valence-electron chi connectivity index (χ4n) is 2.64. The molecular formula is C14H20ClNO3S. The van der Waals surface area contributed by atoms with Gasteiger partial charge in [0.25, 0.3) is 0 Å². The number of rotatable bonds is 4. The van der Waals surface area contributed by atoms with E-state index < -0.39 is 16.1 Å². The molecule has 0 radical (unpaired) electrons. The first-order chi connectivity index (χ1) is 9.42. The van der Waals surface area contributed by atoms with E-state index in [1.54, 1.807) is 31.3 Å². The van der Waals surface area contributed by atoms with E-state index in [2.05, 4.69) is 0 Å². The molecule has 1 N–H and O–H groups in total. The standard InChI is InChI=1S/C14H20ClNO3S/c1-16(13-8-4-5-9-14(13)17)20(18,19)10-11-6-2-3-7-12(11)15/h2-3,6-7,13-14,17H,4-5,8-10H2,1H3/t13-,14-/m1/s1. The number of benzene rings is 1. The predicted molar refractivity (Wildman–Crippen MR) is 80.1 cm³/mol. The van der Waals surface area contributed by atoms with Gasteiger partial charge in [-0.3, -0.25) is 0 Å². The molecule has 4 nitrogen and oxygen atoms in total. The maximum atomic E-state index is 12.5. The predicted octanol–water partition coefficient (Wildman–Crippen LogP) is 2.41. The first-order valence-electron chi connectivity index (χ1n) is 6.79. The third kappa shape index (κ3) is 3.52. The van der Waals surface area contributed by atoms with Gasteiger partial charge in [-0.25, -0.2) is 8.42 Å². The average Bonchev–Trinajstić information content (AvgIpc) is 2.41. The van der Waals surface area contributed by atoms with E-state index in [0.29, 0.717) is 23.4 Å². The van der Waals surface area contributed by atoms with Gasteiger partial charge in [-0.05, 0) is 24.5 Å². The molecule has 0 amide bonds. The molecule has 1 aliphatic carbocycles. The van der Waals surface area contributed by atoms with Crippen LogP contribution in [-0.4, -0.2) is 37.0 Å². The van der Waals surface area contributed by atoms with Gasteiger partial charge >= 0.3 is 0 Å². The van der Waals surface area contributed by atoms with Crippen molar-refractivity contribution in [1.82, 2.24) is 4.31 Å². The number of nitrogens with zero attached hydrogens (tertiary/aromatic N) is 1. The van der Waals surface area contributed by atoms with E-state index in [4.69, 9.17) is 11.6 Å². The molecule has 0 spiro atoms. The summed E-state index contributed by atoms with van der Waals surface area (Å²) >= 11 is 6.02. The molecule has 0 saturated heterocycles. The van der Waals surface area contributed by atoms with Crippen LogP contribution in [0.1, 0.15) is 31.2 Å². The van der Waals surface area contributed by atoms with Gasteiger partial charge in [0.2, 0.25) is 10.0 Å². The maximum absolute atomic E-state index is 12.5. The second-order valence-electron chi connectivity index (χ2n) is 5.28. The molecule has 6 heteroatoms. The number of likely N-dealkylation sites (N-methyl/N-ethyl adjacent to an activating group) is 1. The summed E-state index contributed by atoms with van der Waals surface area (Å²) in [6, 6.07) is 6.61. The van der Waals surface area contributed by atoms with Crippen molar-refractivity contribution in [1.29, 1.82) is 0 Å². The summed E-state index contributed by atoms with van der Waals surface area (Å²) in [6.45, 7) is 0. The molecule has 0 heterocycles. The zero-order chi connectivity index (χ0) is 14.8. The summed E-state index contributed by atoms with van der Waals surface area (Å²) in [6.07, 6.45) is 2.70. The number of halogens is 1. The maximum Gasteiger partial charge on any atom is 0.218 e. The highest BCUT2D eigenvalue weighted by Gasteiger charge is 2.33. The van der Waals surface area contributed by atoms with Crippen LogP contribution >= 0.6 is 11.6 Å². The van der Waals surface area contributed by atoms with E-state index in [-0.39, 0.29) is 11.8 Å². The van der Waals surface area contributed by atoms with Crippen LogP contribution in [-0.2, 0) is 15.8 Å². The van der Waals surface area contributed by atoms with Crippen molar-refractivity contribution in [2.24, 2.45) is 0 Å². The summed E-state index contributed by atoms with van der Waals surface area (Å²) in [5.74, 6) is -0.133. The summed E-state index contributed by atoms with van der Waals surface area (Å²) < 4.78 is 26.2. The third-order valence-corrected chi connectivity index (χ3v) is 6.09. The van der Waals surface area contributed by atoms with Crippen LogP contribution < -0.4 is 0 Å². The molecule has 0 aliphatic heterocycles. The minimum atomic E-state index is -3.48. The van der Waals surface area contributed by atoms with Crippen LogP contribution in [0.5, 0.6) is 0 Å². The largest absolute Gasteiger partial charge is 0.391 e. The quantitative estimate of drug-likeness (QED) is 0.927. The highest BCUT2D eigenvalue weighted by atomic mass is 35.5. The molecular weight excluding hydrogens is 298 g/mol. The molecule has 20 heavy (non-hydrogen) atoms. The topological polar surface area (TPSA) is 57.6 Å². The Kier molecular flexibility index (Phi) is 5.07. The molecule has 1 aromatic carbocycles. The Labute approximate surface area is 125 Å². The molecule has 1 aliphatic rings. The molecule has 1 aromatic rings. The van der Waals surface area contributed by atoms with Crippen LogP contribution in [0.15, 0.2) is 24.3 Å². The lowest BCUT2D eigenvalue weighted by Gasteiger charge is -2.34. The normalized spacial score (nSPS) is 24.0. The second kappa shape index (κ2) is 6.43. The molecule has 2 atom stereocenters. The summed E-state index contributed by atoms with van der Waals surface area (Å²) in [7, 11) is -1.93. The Balaban J connectivity index is 2.15. The fourth-order valence-corrected chi connectivity index (χ4v) is 4.42. The summed E-state index contributed by atoms with van der Waals surface area (Å²) in [5, 5.41) is 10.4. The lowest BCUT2D eigenvalue weighted by atomic mass is 9.93. The average molecular weight is 318 g/mol. The SMILES string of the molecule is CN([C@@H]1CCCC[C@H]1O)S(=O)(=O)Cc1ccccc1Cl. The van der Waals surface area contributed by atoms with Gasteiger partial charge in [0.1, 0.15) is 0 Å². The number of sulfonamides is 1. The van der Waals surface area contributed by atoms with Crippen molar-refractivity contribution < 1.29 is 13.5 Å². The number of hydrogen-bond donors (Lipinski definition) is 1. The van der Waals surface area contributed by atoms with Crippen molar-refractivity contribution in [3.63, 3.8) is 0 Å². The zero-order valence-electron chi connectivity index (χ0n) is 11.5. The Morgan fingerprint density at radius 1 is 1.30 bits per heavy atom. The highest BCUT2D eigenvalue weighted by Crippen LogP contribution is 2.26. The Bertz CT molecular complexity index is 561. The molecule has 112 valence electrons. The lowest BCUT2D eigenvalue weighted by molar-refractivity contribution is 0.0637. The number of hydrogen-bond acceptors (Lipinski definition) is 3. The van der Waals surface area contributed by atoms with Gasteiger partial charge < -0.3 is 5.11 Å². The van der Waals surface area contributed by atoms with Crippen LogP contribution in [0.4, 0.5) is 0 Å². The third-order valence-electron chi connectivity index (χ3n) is 3.90. The molecule has 2 rings (SSSR count). The van der Waals surface area contributed by atoms with Crippen LogP contribution in [0.3, 0.4) is 0 Å². The molecule has 1 fully saturated rings. The van der Waals surface area contributed by atoms with E-state index in [1.165, 1.54) is 4.31 Å². The number of aliphatic hydroxyl groups excluding tert-OH is 1. The summed E-state index contributed by atoms with van der Waals surface area (Å²) in [4.78, 5) is 0. The van der Waals surface area contributed by atoms with Crippen molar-refractivity contribution in [2.45, 2.75) is 43.6 Å². The summed E-state index contributed by atoms with van der Waals surface area (Å²) in [5.41, 5.74) is 0.589. The number of aliphatic hydroxyl groups is 1. The smallest absolute Gasteiger partial charge is 0.218 e. The Hall–Kier alpha value is -0.620. The monoisotopic (exact) mass is 317 g/mol. The molecule has 0 unspecified atom stereocenters. The minimum Gasteiger partial charge on any atom is -0.391 e. The molecule has 0 aromatic heterocycles. The molecule has 0 bridgehead atoms. The minimum absolute atomic E-state index is 0.133. The fraction of sp³-hybridized carbons (Fsp3) is 0.571. The van der Waals surface area contributed by atoms with E-state index in [9.17, 15) is 13.5 Å². The van der Waals surface area contributed by atoms with Gasteiger partial charge in [0.05, 0.1) is 17.9 Å². The van der Waals surface area contributed by atoms with Gasteiger partial charge in [-0.1, -0.05) is 42.6 Å². The van der Waals surface area contributed by atoms with Crippen LogP contribution in [0.2, 0.25) is 5.02 Å². The van der Waals surface area contributed by atoms with Crippen molar-refractivity contribution in [3.8, 4) is 0 Å². The van der Waals surface area contributed by atoms with Gasteiger partial charge in [-0.15, -0.1) is 0 Å². The molecule has 1 saturated carbocycles. The van der Waals surface area contributed by atoms with Crippen LogP contribution in [0, 0.1) is 0 Å². The first kappa shape index (κ1) is 15.8. The first-order valence-corrected chi connectivity index (χ1v) is 8.78.